The Kier molecular flexibility index (Phi) is 5.11. The lowest BCUT2D eigenvalue weighted by atomic mass is 9.89. The van der Waals surface area contributed by atoms with Crippen molar-refractivity contribution in [1.29, 1.82) is 0 Å². The van der Waals surface area contributed by atoms with Crippen LogP contribution in [-0.2, 0) is 6.42 Å². The summed E-state index contributed by atoms with van der Waals surface area (Å²) in [4.78, 5) is 7.81. The monoisotopic (exact) mass is 424 g/mol. The fraction of sp³-hybridized carbons (Fsp3) is 0.458. The molecule has 0 saturated carbocycles. The zero-order valence-electron chi connectivity index (χ0n) is 17.5. The van der Waals surface area contributed by atoms with Crippen LogP contribution in [0.3, 0.4) is 0 Å². The fourth-order valence-corrected chi connectivity index (χ4v) is 5.77. The highest BCUT2D eigenvalue weighted by Gasteiger charge is 2.44. The van der Waals surface area contributed by atoms with E-state index in [1.807, 2.05) is 12.1 Å². The smallest absolute Gasteiger partial charge is 0.167 e. The van der Waals surface area contributed by atoms with E-state index in [9.17, 15) is 0 Å². The summed E-state index contributed by atoms with van der Waals surface area (Å²) < 4.78 is 5.46. The van der Waals surface area contributed by atoms with Gasteiger partial charge in [0, 0.05) is 50.6 Å². The van der Waals surface area contributed by atoms with Gasteiger partial charge in [-0.05, 0) is 49.6 Å². The predicted molar refractivity (Wildman–Crippen MR) is 124 cm³/mol. The molecule has 0 aliphatic carbocycles. The molecule has 5 nitrogen and oxygen atoms in total. The highest BCUT2D eigenvalue weighted by Crippen LogP contribution is 2.50. The lowest BCUT2D eigenvalue weighted by Gasteiger charge is -2.41. The summed E-state index contributed by atoms with van der Waals surface area (Å²) in [6.45, 7) is 5.83. The third kappa shape index (κ3) is 3.07. The van der Waals surface area contributed by atoms with E-state index in [1.165, 1.54) is 42.8 Å². The van der Waals surface area contributed by atoms with Gasteiger partial charge in [-0.3, -0.25) is 0 Å². The summed E-state index contributed by atoms with van der Waals surface area (Å²) in [5.41, 5.74) is 6.52. The standard InChI is InChI=1S/C24H28N4O.ClH/c1-26-14-15-28-21-11-13-27(16-19(21)17-7-4-9-22(26)24(17)28)12-5-8-20-18-6-2-3-10-23(18)29-25-20;/h2-4,6-7,9-10,19,21H,5,8,11-16H2,1H3;1H/t19-,21-;/m0./s1. The van der Waals surface area contributed by atoms with Crippen molar-refractivity contribution in [3.8, 4) is 0 Å². The second-order valence-corrected chi connectivity index (χ2v) is 8.82. The second kappa shape index (κ2) is 7.78. The van der Waals surface area contributed by atoms with Crippen molar-refractivity contribution in [3.63, 3.8) is 0 Å². The van der Waals surface area contributed by atoms with Gasteiger partial charge in [-0.2, -0.15) is 0 Å². The first-order valence-electron chi connectivity index (χ1n) is 11.0. The molecule has 6 heteroatoms. The third-order valence-corrected chi connectivity index (χ3v) is 7.22. The molecule has 3 aliphatic rings. The van der Waals surface area contributed by atoms with E-state index < -0.39 is 0 Å². The van der Waals surface area contributed by atoms with E-state index in [2.05, 4.69) is 57.2 Å². The predicted octanol–water partition coefficient (Wildman–Crippen LogP) is 4.31. The summed E-state index contributed by atoms with van der Waals surface area (Å²) in [5.74, 6) is 0.651. The Balaban J connectivity index is 0.00000193. The number of anilines is 2. The highest BCUT2D eigenvalue weighted by atomic mass is 35.5. The SMILES string of the molecule is CN1CCN2c3c(cccc31)[C@@H]1CN(CCCc3noc4ccccc34)CC[C@@H]12.Cl. The summed E-state index contributed by atoms with van der Waals surface area (Å²) in [5, 5.41) is 5.47. The number of piperidine rings is 1. The van der Waals surface area contributed by atoms with Gasteiger partial charge in [0.15, 0.2) is 5.58 Å². The molecule has 1 fully saturated rings. The van der Waals surface area contributed by atoms with Crippen molar-refractivity contribution >= 4 is 34.8 Å². The molecule has 158 valence electrons. The minimum absolute atomic E-state index is 0. The van der Waals surface area contributed by atoms with Gasteiger partial charge in [0.2, 0.25) is 0 Å². The first-order chi connectivity index (χ1) is 14.3. The average Bonchev–Trinajstić information content (AvgIpc) is 3.31. The molecule has 4 heterocycles. The number of aryl methyl sites for hydroxylation is 1. The van der Waals surface area contributed by atoms with E-state index >= 15 is 0 Å². The molecule has 3 aliphatic heterocycles. The van der Waals surface area contributed by atoms with Crippen molar-refractivity contribution in [2.24, 2.45) is 0 Å². The summed E-state index contributed by atoms with van der Waals surface area (Å²) >= 11 is 0. The topological polar surface area (TPSA) is 35.8 Å². The Hall–Kier alpha value is -2.24. The molecule has 1 aromatic heterocycles. The Morgan fingerprint density at radius 1 is 1.07 bits per heavy atom. The number of halogens is 1. The van der Waals surface area contributed by atoms with Crippen LogP contribution in [0.25, 0.3) is 11.0 Å². The number of nitrogens with zero attached hydrogens (tertiary/aromatic N) is 4. The molecule has 6 rings (SSSR count). The van der Waals surface area contributed by atoms with Crippen LogP contribution in [0.15, 0.2) is 47.0 Å². The number of hydrogen-bond donors (Lipinski definition) is 0. The van der Waals surface area contributed by atoms with Gasteiger partial charge >= 0.3 is 0 Å². The Labute approximate surface area is 184 Å². The van der Waals surface area contributed by atoms with Crippen molar-refractivity contribution in [2.75, 3.05) is 49.6 Å². The zero-order valence-corrected chi connectivity index (χ0v) is 18.3. The number of benzene rings is 2. The summed E-state index contributed by atoms with van der Waals surface area (Å²) in [7, 11) is 2.23. The van der Waals surface area contributed by atoms with Crippen LogP contribution in [0.1, 0.15) is 30.0 Å². The van der Waals surface area contributed by atoms with Crippen LogP contribution >= 0.6 is 12.4 Å². The Morgan fingerprint density at radius 3 is 2.90 bits per heavy atom. The van der Waals surface area contributed by atoms with E-state index in [0.29, 0.717) is 12.0 Å². The molecule has 2 atom stereocenters. The van der Waals surface area contributed by atoms with Crippen molar-refractivity contribution < 1.29 is 4.52 Å². The summed E-state index contributed by atoms with van der Waals surface area (Å²) in [6, 6.07) is 15.8. The highest BCUT2D eigenvalue weighted by molar-refractivity contribution is 5.85. The van der Waals surface area contributed by atoms with Gasteiger partial charge < -0.3 is 19.2 Å². The molecule has 30 heavy (non-hydrogen) atoms. The molecule has 0 unspecified atom stereocenters. The fourth-order valence-electron chi connectivity index (χ4n) is 5.77. The molecular weight excluding hydrogens is 396 g/mol. The number of likely N-dealkylation sites (tertiary alicyclic amines) is 1. The van der Waals surface area contributed by atoms with Gasteiger partial charge in [0.25, 0.3) is 0 Å². The van der Waals surface area contributed by atoms with Crippen molar-refractivity contribution in [1.82, 2.24) is 10.1 Å². The normalized spacial score (nSPS) is 22.7. The van der Waals surface area contributed by atoms with Crippen LogP contribution in [-0.4, -0.2) is 55.9 Å². The minimum atomic E-state index is 0. The number of para-hydroxylation sites is 2. The maximum Gasteiger partial charge on any atom is 0.167 e. The first-order valence-corrected chi connectivity index (χ1v) is 11.0. The molecule has 1 saturated heterocycles. The minimum Gasteiger partial charge on any atom is -0.371 e. The molecule has 0 amide bonds. The van der Waals surface area contributed by atoms with Crippen molar-refractivity contribution in [2.45, 2.75) is 31.2 Å². The zero-order chi connectivity index (χ0) is 19.4. The van der Waals surface area contributed by atoms with E-state index in [-0.39, 0.29) is 12.4 Å². The number of hydrogen-bond acceptors (Lipinski definition) is 5. The molecule has 2 aromatic carbocycles. The number of likely N-dealkylation sites (N-methyl/N-ethyl adjacent to an activating group) is 1. The van der Waals surface area contributed by atoms with Gasteiger partial charge in [-0.25, -0.2) is 0 Å². The van der Waals surface area contributed by atoms with Gasteiger partial charge in [0.05, 0.1) is 17.1 Å². The van der Waals surface area contributed by atoms with Crippen molar-refractivity contribution in [3.05, 3.63) is 53.7 Å². The van der Waals surface area contributed by atoms with E-state index in [1.54, 1.807) is 5.56 Å². The average molecular weight is 425 g/mol. The Bertz CT molecular complexity index is 1050. The van der Waals surface area contributed by atoms with Gasteiger partial charge in [0.1, 0.15) is 0 Å². The lowest BCUT2D eigenvalue weighted by molar-refractivity contribution is 0.191. The molecule has 0 N–H and O–H groups in total. The quantitative estimate of drug-likeness (QED) is 0.623. The molecule has 3 aromatic rings. The molecule has 0 radical (unpaired) electrons. The third-order valence-electron chi connectivity index (χ3n) is 7.22. The molecule has 0 bridgehead atoms. The number of aromatic nitrogens is 1. The molecule has 0 spiro atoms. The number of fused-ring (bicyclic) bond motifs is 4. The van der Waals surface area contributed by atoms with Crippen LogP contribution in [0.4, 0.5) is 11.4 Å². The largest absolute Gasteiger partial charge is 0.371 e. The maximum absolute atomic E-state index is 5.46. The van der Waals surface area contributed by atoms with Crippen LogP contribution < -0.4 is 9.80 Å². The van der Waals surface area contributed by atoms with Gasteiger partial charge in [-0.1, -0.05) is 29.4 Å². The van der Waals surface area contributed by atoms with Crippen LogP contribution in [0.2, 0.25) is 0 Å². The number of rotatable bonds is 4. The molecular formula is C24H29ClN4O. The lowest BCUT2D eigenvalue weighted by Crippen LogP contribution is -2.49. The first kappa shape index (κ1) is 19.7. The maximum atomic E-state index is 5.46. The van der Waals surface area contributed by atoms with Crippen LogP contribution in [0.5, 0.6) is 0 Å². The van der Waals surface area contributed by atoms with E-state index in [4.69, 9.17) is 4.52 Å². The summed E-state index contributed by atoms with van der Waals surface area (Å²) in [6.07, 6.45) is 3.39. The van der Waals surface area contributed by atoms with E-state index in [0.717, 1.165) is 37.2 Å². The van der Waals surface area contributed by atoms with Crippen LogP contribution in [0, 0.1) is 0 Å². The second-order valence-electron chi connectivity index (χ2n) is 8.82. The Morgan fingerprint density at radius 2 is 1.97 bits per heavy atom. The van der Waals surface area contributed by atoms with Gasteiger partial charge in [-0.15, -0.1) is 12.4 Å².